The minimum Gasteiger partial charge on any atom is -0.478 e. The topological polar surface area (TPSA) is 37.3 Å². The maximum atomic E-state index is 14.1. The molecule has 0 amide bonds. The number of hydrogen-bond donors (Lipinski definition) is 1. The third-order valence-corrected chi connectivity index (χ3v) is 4.58. The summed E-state index contributed by atoms with van der Waals surface area (Å²) in [5.41, 5.74) is 0.969. The number of halogens is 2. The fourth-order valence-corrected chi connectivity index (χ4v) is 3.15. The molecule has 0 bridgehead atoms. The minimum atomic E-state index is -1.15. The highest BCUT2D eigenvalue weighted by molar-refractivity contribution is 9.10. The van der Waals surface area contributed by atoms with Crippen LogP contribution >= 0.6 is 27.7 Å². The zero-order chi connectivity index (χ0) is 14.0. The fraction of sp³-hybridized carbons (Fsp3) is 0.0714. The molecule has 0 saturated heterocycles. The quantitative estimate of drug-likeness (QED) is 0.876. The van der Waals surface area contributed by atoms with Gasteiger partial charge in [0.1, 0.15) is 0 Å². The number of aryl methyl sites for hydroxylation is 1. The van der Waals surface area contributed by atoms with E-state index in [4.69, 9.17) is 5.11 Å². The third-order valence-electron chi connectivity index (χ3n) is 2.59. The molecule has 2 aromatic carbocycles. The van der Waals surface area contributed by atoms with Gasteiger partial charge in [-0.05, 0) is 46.6 Å². The van der Waals surface area contributed by atoms with Gasteiger partial charge in [0.05, 0.1) is 10.0 Å². The Hall–Kier alpha value is -1.33. The summed E-state index contributed by atoms with van der Waals surface area (Å²) in [5.74, 6) is -1.70. The highest BCUT2D eigenvalue weighted by Crippen LogP contribution is 2.35. The van der Waals surface area contributed by atoms with E-state index in [9.17, 15) is 9.18 Å². The van der Waals surface area contributed by atoms with E-state index in [-0.39, 0.29) is 10.0 Å². The van der Waals surface area contributed by atoms with Crippen LogP contribution in [0.25, 0.3) is 0 Å². The Morgan fingerprint density at radius 1 is 1.21 bits per heavy atom. The van der Waals surface area contributed by atoms with E-state index in [1.54, 1.807) is 0 Å². The smallest absolute Gasteiger partial charge is 0.336 e. The Labute approximate surface area is 122 Å². The van der Waals surface area contributed by atoms with Crippen molar-refractivity contribution in [3.05, 3.63) is 57.8 Å². The van der Waals surface area contributed by atoms with Gasteiger partial charge in [0.25, 0.3) is 0 Å². The molecule has 19 heavy (non-hydrogen) atoms. The van der Waals surface area contributed by atoms with Crippen LogP contribution in [0.1, 0.15) is 15.9 Å². The molecule has 0 unspecified atom stereocenters. The van der Waals surface area contributed by atoms with E-state index in [2.05, 4.69) is 15.9 Å². The Kier molecular flexibility index (Phi) is 4.27. The lowest BCUT2D eigenvalue weighted by Crippen LogP contribution is -2.00. The van der Waals surface area contributed by atoms with Crippen LogP contribution in [0.4, 0.5) is 4.39 Å². The van der Waals surface area contributed by atoms with Gasteiger partial charge in [-0.25, -0.2) is 9.18 Å². The van der Waals surface area contributed by atoms with Crippen LogP contribution < -0.4 is 0 Å². The zero-order valence-corrected chi connectivity index (χ0v) is 12.4. The van der Waals surface area contributed by atoms with Crippen LogP contribution in [-0.2, 0) is 0 Å². The maximum absolute atomic E-state index is 14.1. The summed E-state index contributed by atoms with van der Waals surface area (Å²) in [7, 11) is 0. The summed E-state index contributed by atoms with van der Waals surface area (Å²) < 4.78 is 14.1. The van der Waals surface area contributed by atoms with Crippen molar-refractivity contribution in [2.75, 3.05) is 0 Å². The van der Waals surface area contributed by atoms with E-state index in [1.807, 2.05) is 31.2 Å². The van der Waals surface area contributed by atoms with Crippen molar-refractivity contribution in [1.82, 2.24) is 0 Å². The number of carboxylic acids is 1. The van der Waals surface area contributed by atoms with Gasteiger partial charge >= 0.3 is 5.97 Å². The molecule has 1 N–H and O–H groups in total. The molecule has 0 spiro atoms. The first kappa shape index (κ1) is 14.1. The van der Waals surface area contributed by atoms with Crippen LogP contribution in [-0.4, -0.2) is 11.1 Å². The molecular weight excluding hydrogens is 331 g/mol. The number of rotatable bonds is 3. The van der Waals surface area contributed by atoms with Crippen molar-refractivity contribution in [3.8, 4) is 0 Å². The van der Waals surface area contributed by atoms with Gasteiger partial charge in [-0.15, -0.1) is 0 Å². The summed E-state index contributed by atoms with van der Waals surface area (Å²) >= 11 is 4.27. The van der Waals surface area contributed by atoms with E-state index >= 15 is 0 Å². The van der Waals surface area contributed by atoms with Crippen molar-refractivity contribution in [2.24, 2.45) is 0 Å². The molecule has 0 aliphatic heterocycles. The lowest BCUT2D eigenvalue weighted by atomic mass is 10.2. The van der Waals surface area contributed by atoms with Crippen molar-refractivity contribution >= 4 is 33.7 Å². The second kappa shape index (κ2) is 5.75. The van der Waals surface area contributed by atoms with Crippen LogP contribution in [0.5, 0.6) is 0 Å². The molecule has 2 nitrogen and oxygen atoms in total. The molecular formula is C14H10BrFO2S. The van der Waals surface area contributed by atoms with Crippen LogP contribution in [0.2, 0.25) is 0 Å². The molecule has 0 aliphatic carbocycles. The van der Waals surface area contributed by atoms with Crippen molar-refractivity contribution in [1.29, 1.82) is 0 Å². The van der Waals surface area contributed by atoms with E-state index < -0.39 is 11.8 Å². The fourth-order valence-electron chi connectivity index (χ4n) is 1.57. The first-order valence-corrected chi connectivity index (χ1v) is 7.06. The van der Waals surface area contributed by atoms with Gasteiger partial charge in [0, 0.05) is 9.79 Å². The van der Waals surface area contributed by atoms with E-state index in [0.29, 0.717) is 4.90 Å². The standard InChI is InChI=1S/C14H10BrFO2S/c1-8-4-2-3-5-10(8)19-11-7-6-9(14(17)18)12(15)13(11)16/h2-7H,1H3,(H,17,18). The number of hydrogen-bond acceptors (Lipinski definition) is 2. The summed E-state index contributed by atoms with van der Waals surface area (Å²) in [4.78, 5) is 12.2. The first-order chi connectivity index (χ1) is 9.00. The van der Waals surface area contributed by atoms with Gasteiger partial charge in [-0.3, -0.25) is 0 Å². The average molecular weight is 341 g/mol. The number of benzene rings is 2. The Morgan fingerprint density at radius 2 is 1.89 bits per heavy atom. The lowest BCUT2D eigenvalue weighted by molar-refractivity contribution is 0.0695. The summed E-state index contributed by atoms with van der Waals surface area (Å²) in [6.07, 6.45) is 0. The number of aromatic carboxylic acids is 1. The molecule has 0 heterocycles. The molecule has 2 rings (SSSR count). The molecule has 5 heteroatoms. The molecule has 2 aromatic rings. The van der Waals surface area contributed by atoms with Crippen molar-refractivity contribution in [3.63, 3.8) is 0 Å². The summed E-state index contributed by atoms with van der Waals surface area (Å²) in [6, 6.07) is 10.5. The molecule has 0 saturated carbocycles. The Balaban J connectivity index is 2.40. The Bertz CT molecular complexity index is 643. The van der Waals surface area contributed by atoms with Crippen LogP contribution in [0.3, 0.4) is 0 Å². The number of carboxylic acid groups (broad SMARTS) is 1. The van der Waals surface area contributed by atoms with Crippen LogP contribution in [0, 0.1) is 12.7 Å². The van der Waals surface area contributed by atoms with Gasteiger partial charge in [-0.2, -0.15) is 0 Å². The van der Waals surface area contributed by atoms with Crippen LogP contribution in [0.15, 0.2) is 50.7 Å². The van der Waals surface area contributed by atoms with Gasteiger partial charge < -0.3 is 5.11 Å². The molecule has 0 atom stereocenters. The highest BCUT2D eigenvalue weighted by atomic mass is 79.9. The molecule has 0 aliphatic rings. The molecule has 98 valence electrons. The predicted octanol–water partition coefficient (Wildman–Crippen LogP) is 4.75. The van der Waals surface area contributed by atoms with Crippen molar-refractivity contribution in [2.45, 2.75) is 16.7 Å². The SMILES string of the molecule is Cc1ccccc1Sc1ccc(C(=O)O)c(Br)c1F. The molecule has 0 radical (unpaired) electrons. The zero-order valence-electron chi connectivity index (χ0n) is 9.98. The highest BCUT2D eigenvalue weighted by Gasteiger charge is 2.16. The second-order valence-electron chi connectivity index (χ2n) is 3.91. The molecule has 0 aromatic heterocycles. The van der Waals surface area contributed by atoms with E-state index in [0.717, 1.165) is 10.5 Å². The van der Waals surface area contributed by atoms with E-state index in [1.165, 1.54) is 23.9 Å². The second-order valence-corrected chi connectivity index (χ2v) is 5.79. The predicted molar refractivity (Wildman–Crippen MR) is 76.4 cm³/mol. The first-order valence-electron chi connectivity index (χ1n) is 5.45. The lowest BCUT2D eigenvalue weighted by Gasteiger charge is -2.08. The van der Waals surface area contributed by atoms with Gasteiger partial charge in [-0.1, -0.05) is 30.0 Å². The third kappa shape index (κ3) is 2.98. The van der Waals surface area contributed by atoms with Gasteiger partial charge in [0.15, 0.2) is 5.82 Å². The number of carbonyl (C=O) groups is 1. The average Bonchev–Trinajstić information content (AvgIpc) is 2.37. The summed E-state index contributed by atoms with van der Waals surface area (Å²) in [5, 5.41) is 8.91. The normalized spacial score (nSPS) is 10.5. The molecule has 0 fully saturated rings. The summed E-state index contributed by atoms with van der Waals surface area (Å²) in [6.45, 7) is 1.95. The monoisotopic (exact) mass is 340 g/mol. The van der Waals surface area contributed by atoms with Crippen molar-refractivity contribution < 1.29 is 14.3 Å². The Morgan fingerprint density at radius 3 is 2.53 bits per heavy atom. The minimum absolute atomic E-state index is 0.0152. The maximum Gasteiger partial charge on any atom is 0.336 e. The largest absolute Gasteiger partial charge is 0.478 e. The van der Waals surface area contributed by atoms with Gasteiger partial charge in [0.2, 0.25) is 0 Å².